The highest BCUT2D eigenvalue weighted by atomic mass is 16.5. The predicted molar refractivity (Wildman–Crippen MR) is 346 cm³/mol. The summed E-state index contributed by atoms with van der Waals surface area (Å²) in [6.45, 7) is 9.01. The normalized spacial score (nSPS) is 12.3. The third kappa shape index (κ3) is 26.1. The molecule has 13 nitrogen and oxygen atoms in total. The number of barbiturate groups is 1. The average Bonchev–Trinajstić information content (AvgIpc) is 2.40. The van der Waals surface area contributed by atoms with Crippen molar-refractivity contribution in [2.75, 3.05) is 19.8 Å². The minimum Gasteiger partial charge on any atom is -0.490 e. The standard InChI is InChI=1S/C73H98N4O9/c1-4-7-10-13-16-19-22-25-28-31-50-82-67-54-58(55-68(83-51-32-29-26-23-20-17-14-11-8-5-2)69(67)84-52-33-30-27-24-21-18-15-12-9-6-3)56-85-64-48-44-63(45-49-64)77-76-62-42-38-61(39-43-62)72(80)86-65-46-40-60(41-47-65)59-36-34-57(35-37-59)53-66-70(78)74-73(81)75-71(66)79/h34-49,53-55H,4-33,50-52,56H2,1-3H3,(H2,74,75,78,79,81). The van der Waals surface area contributed by atoms with E-state index in [2.05, 4.69) is 53.8 Å². The molecule has 13 heteroatoms. The molecule has 1 heterocycles. The van der Waals surface area contributed by atoms with E-state index in [1.54, 1.807) is 48.5 Å². The van der Waals surface area contributed by atoms with Gasteiger partial charge in [0, 0.05) is 0 Å². The van der Waals surface area contributed by atoms with Crippen LogP contribution in [0.25, 0.3) is 17.2 Å². The topological polar surface area (TPSA) is 163 Å². The lowest BCUT2D eigenvalue weighted by Crippen LogP contribution is -2.51. The SMILES string of the molecule is CCCCCCCCCCCCOc1cc(COc2ccc(N=Nc3ccc(C(=O)Oc4ccc(-c5ccc(C=C6C(=O)NC(=O)NC6=O)cc5)cc4)cc3)cc2)cc(OCCCCCCCCCCCC)c1OCCCCCCCCCCCC. The second-order valence-corrected chi connectivity index (χ2v) is 22.9. The molecule has 1 fully saturated rings. The Hall–Kier alpha value is -7.28. The van der Waals surface area contributed by atoms with Gasteiger partial charge < -0.3 is 23.7 Å². The third-order valence-electron chi connectivity index (χ3n) is 15.5. The molecule has 1 aliphatic heterocycles. The van der Waals surface area contributed by atoms with E-state index in [4.69, 9.17) is 23.7 Å². The van der Waals surface area contributed by atoms with E-state index in [9.17, 15) is 19.2 Å². The summed E-state index contributed by atoms with van der Waals surface area (Å²) in [5.74, 6) is 1.21. The largest absolute Gasteiger partial charge is 0.490 e. The smallest absolute Gasteiger partial charge is 0.343 e. The summed E-state index contributed by atoms with van der Waals surface area (Å²) >= 11 is 0. The second-order valence-electron chi connectivity index (χ2n) is 22.9. The number of nitrogens with one attached hydrogen (secondary N) is 2. The van der Waals surface area contributed by atoms with Gasteiger partial charge in [-0.3, -0.25) is 20.2 Å². The fourth-order valence-electron chi connectivity index (χ4n) is 10.4. The van der Waals surface area contributed by atoms with Gasteiger partial charge in [0.2, 0.25) is 5.75 Å². The Bertz CT molecular complexity index is 2740. The van der Waals surface area contributed by atoms with Gasteiger partial charge in [-0.15, -0.1) is 0 Å². The van der Waals surface area contributed by atoms with E-state index in [1.165, 1.54) is 160 Å². The van der Waals surface area contributed by atoms with E-state index >= 15 is 0 Å². The van der Waals surface area contributed by atoms with Gasteiger partial charge in [0.15, 0.2) is 11.5 Å². The first-order valence-corrected chi connectivity index (χ1v) is 32.8. The van der Waals surface area contributed by atoms with Crippen molar-refractivity contribution in [1.82, 2.24) is 10.6 Å². The van der Waals surface area contributed by atoms with E-state index < -0.39 is 23.8 Å². The molecule has 1 aliphatic rings. The predicted octanol–water partition coefficient (Wildman–Crippen LogP) is 20.2. The molecule has 464 valence electrons. The molecule has 2 N–H and O–H groups in total. The summed E-state index contributed by atoms with van der Waals surface area (Å²) in [5.41, 5.74) is 4.71. The lowest BCUT2D eigenvalue weighted by molar-refractivity contribution is -0.123. The number of nitrogens with zero attached hydrogens (tertiary/aromatic N) is 2. The number of imide groups is 2. The molecule has 5 aromatic rings. The molecule has 0 unspecified atom stereocenters. The van der Waals surface area contributed by atoms with Crippen LogP contribution in [0.5, 0.6) is 28.7 Å². The molecule has 86 heavy (non-hydrogen) atoms. The Morgan fingerprint density at radius 1 is 0.419 bits per heavy atom. The summed E-state index contributed by atoms with van der Waals surface area (Å²) in [6.07, 6.45) is 39.4. The molecule has 6 rings (SSSR count). The highest BCUT2D eigenvalue weighted by Crippen LogP contribution is 2.40. The van der Waals surface area contributed by atoms with Crippen molar-refractivity contribution in [3.8, 4) is 39.9 Å². The summed E-state index contributed by atoms with van der Waals surface area (Å²) in [7, 11) is 0. The molecule has 0 saturated carbocycles. The van der Waals surface area contributed by atoms with E-state index in [-0.39, 0.29) is 5.57 Å². The van der Waals surface area contributed by atoms with Crippen LogP contribution in [0.2, 0.25) is 0 Å². The molecule has 1 saturated heterocycles. The number of azo groups is 1. The van der Waals surface area contributed by atoms with Crippen molar-refractivity contribution in [1.29, 1.82) is 0 Å². The Labute approximate surface area is 513 Å². The first kappa shape index (κ1) is 67.8. The highest BCUT2D eigenvalue weighted by Gasteiger charge is 2.27. The van der Waals surface area contributed by atoms with Gasteiger partial charge in [0.1, 0.15) is 23.7 Å². The quantitative estimate of drug-likeness (QED) is 0.00964. The van der Waals surface area contributed by atoms with Crippen molar-refractivity contribution in [2.24, 2.45) is 10.2 Å². The zero-order chi connectivity index (χ0) is 60.7. The van der Waals surface area contributed by atoms with Crippen LogP contribution < -0.4 is 34.3 Å². The Morgan fingerprint density at radius 3 is 1.22 bits per heavy atom. The number of ether oxygens (including phenoxy) is 5. The van der Waals surface area contributed by atoms with Crippen LogP contribution in [0.1, 0.15) is 235 Å². The van der Waals surface area contributed by atoms with Crippen molar-refractivity contribution >= 4 is 41.3 Å². The number of hydrogen-bond donors (Lipinski definition) is 2. The number of urea groups is 1. The maximum Gasteiger partial charge on any atom is 0.343 e. The second kappa shape index (κ2) is 40.9. The summed E-state index contributed by atoms with van der Waals surface area (Å²) < 4.78 is 32.0. The maximum absolute atomic E-state index is 13.1. The summed E-state index contributed by atoms with van der Waals surface area (Å²) in [4.78, 5) is 48.7. The molecule has 0 radical (unpaired) electrons. The van der Waals surface area contributed by atoms with Crippen LogP contribution >= 0.6 is 0 Å². The van der Waals surface area contributed by atoms with Gasteiger partial charge in [0.25, 0.3) is 11.8 Å². The zero-order valence-electron chi connectivity index (χ0n) is 52.1. The molecular weight excluding hydrogens is 1080 g/mol. The maximum atomic E-state index is 13.1. The molecule has 0 spiro atoms. The van der Waals surface area contributed by atoms with Crippen molar-refractivity contribution < 1.29 is 42.9 Å². The number of hydrogen-bond acceptors (Lipinski definition) is 11. The monoisotopic (exact) mass is 1170 g/mol. The Kier molecular flexibility index (Phi) is 32.3. The van der Waals surface area contributed by atoms with Gasteiger partial charge in [-0.25, -0.2) is 9.59 Å². The van der Waals surface area contributed by atoms with E-state index in [0.717, 1.165) is 66.7 Å². The van der Waals surface area contributed by atoms with Crippen LogP contribution in [-0.4, -0.2) is 43.6 Å². The molecule has 0 bridgehead atoms. The number of unbranched alkanes of at least 4 members (excludes halogenated alkanes) is 27. The number of carbonyl (C=O) groups is 4. The zero-order valence-corrected chi connectivity index (χ0v) is 52.1. The summed E-state index contributed by atoms with van der Waals surface area (Å²) in [5, 5.41) is 13.0. The fraction of sp³-hybridized carbons (Fsp3) is 0.507. The fourth-order valence-corrected chi connectivity index (χ4v) is 10.4. The molecule has 0 aromatic heterocycles. The Balaban J connectivity index is 1.02. The lowest BCUT2D eigenvalue weighted by atomic mass is 10.0. The minimum absolute atomic E-state index is 0.159. The number of benzene rings is 5. The summed E-state index contributed by atoms with van der Waals surface area (Å²) in [6, 6.07) is 31.8. The van der Waals surface area contributed by atoms with Crippen LogP contribution in [0.4, 0.5) is 16.2 Å². The van der Waals surface area contributed by atoms with Gasteiger partial charge in [-0.1, -0.05) is 231 Å². The number of amides is 4. The highest BCUT2D eigenvalue weighted by molar-refractivity contribution is 6.31. The molecule has 0 aliphatic carbocycles. The van der Waals surface area contributed by atoms with E-state index in [1.807, 2.05) is 48.5 Å². The van der Waals surface area contributed by atoms with Crippen molar-refractivity contribution in [2.45, 2.75) is 220 Å². The minimum atomic E-state index is -0.846. The van der Waals surface area contributed by atoms with Gasteiger partial charge in [-0.2, -0.15) is 10.2 Å². The molecular formula is C73H98N4O9. The molecule has 0 atom stereocenters. The van der Waals surface area contributed by atoms with Crippen molar-refractivity contribution in [3.63, 3.8) is 0 Å². The molecule has 4 amide bonds. The average molecular weight is 1180 g/mol. The lowest BCUT2D eigenvalue weighted by Gasteiger charge is -2.19. The third-order valence-corrected chi connectivity index (χ3v) is 15.5. The first-order valence-electron chi connectivity index (χ1n) is 32.8. The Morgan fingerprint density at radius 2 is 0.791 bits per heavy atom. The van der Waals surface area contributed by atoms with Crippen LogP contribution in [0, 0.1) is 0 Å². The van der Waals surface area contributed by atoms with Crippen molar-refractivity contribution in [3.05, 3.63) is 131 Å². The van der Waals surface area contributed by atoms with E-state index in [0.29, 0.717) is 66.2 Å². The molecule has 5 aromatic carbocycles. The number of carbonyl (C=O) groups excluding carboxylic acids is 4. The van der Waals surface area contributed by atoms with Crippen LogP contribution in [0.3, 0.4) is 0 Å². The van der Waals surface area contributed by atoms with Gasteiger partial charge in [0.05, 0.1) is 36.8 Å². The van der Waals surface area contributed by atoms with Crippen LogP contribution in [0.15, 0.2) is 125 Å². The van der Waals surface area contributed by atoms with Gasteiger partial charge in [-0.05, 0) is 120 Å². The van der Waals surface area contributed by atoms with Crippen LogP contribution in [-0.2, 0) is 16.2 Å². The number of esters is 1. The number of rotatable bonds is 45. The first-order chi connectivity index (χ1) is 42.2. The van der Waals surface area contributed by atoms with Gasteiger partial charge >= 0.3 is 12.0 Å².